The number of pyridine rings is 1. The number of aromatic amines is 1. The van der Waals surface area contributed by atoms with Crippen LogP contribution >= 0.6 is 23.2 Å². The Bertz CT molecular complexity index is 1830. The molecule has 1 fully saturated rings. The van der Waals surface area contributed by atoms with Crippen LogP contribution in [0, 0.1) is 5.92 Å². The molecular formula is C27H20Cl2N8O2. The van der Waals surface area contributed by atoms with Crippen molar-refractivity contribution in [3.63, 3.8) is 0 Å². The number of imidazole rings is 1. The number of benzene rings is 2. The van der Waals surface area contributed by atoms with Gasteiger partial charge in [-0.3, -0.25) is 4.79 Å². The molecule has 3 unspecified atom stereocenters. The minimum absolute atomic E-state index is 0.107. The van der Waals surface area contributed by atoms with E-state index in [1.165, 1.54) is 6.33 Å². The molecule has 5 aromatic rings. The van der Waals surface area contributed by atoms with Crippen molar-refractivity contribution in [2.24, 2.45) is 5.92 Å². The Kier molecular flexibility index (Phi) is 4.92. The van der Waals surface area contributed by atoms with Crippen LogP contribution in [0.3, 0.4) is 0 Å². The molecule has 0 amide bonds. The van der Waals surface area contributed by atoms with Crippen LogP contribution in [0.25, 0.3) is 28.1 Å². The largest absolute Gasteiger partial charge is 0.490 e. The zero-order chi connectivity index (χ0) is 26.2. The van der Waals surface area contributed by atoms with E-state index in [4.69, 9.17) is 32.9 Å². The highest BCUT2D eigenvalue weighted by Gasteiger charge is 2.54. The Morgan fingerprint density at radius 3 is 2.85 bits per heavy atom. The topological polar surface area (TPSA) is 116 Å². The molecule has 5 heterocycles. The Hall–Kier alpha value is -4.15. The van der Waals surface area contributed by atoms with Crippen molar-refractivity contribution in [1.82, 2.24) is 34.7 Å². The van der Waals surface area contributed by atoms with Crippen molar-refractivity contribution >= 4 is 28.9 Å². The molecule has 2 aromatic carbocycles. The van der Waals surface area contributed by atoms with Crippen LogP contribution < -0.4 is 15.6 Å². The molecule has 0 saturated heterocycles. The van der Waals surface area contributed by atoms with Crippen molar-refractivity contribution in [3.05, 3.63) is 86.9 Å². The molecule has 0 bridgehead atoms. The first-order valence-corrected chi connectivity index (χ1v) is 13.4. The molecule has 194 valence electrons. The average Bonchev–Trinajstić information content (AvgIpc) is 3.25. The minimum atomic E-state index is -0.216. The van der Waals surface area contributed by atoms with E-state index >= 15 is 0 Å². The van der Waals surface area contributed by atoms with Gasteiger partial charge in [0.2, 0.25) is 0 Å². The van der Waals surface area contributed by atoms with Gasteiger partial charge in [0.15, 0.2) is 0 Å². The molecule has 0 spiro atoms. The maximum Gasteiger partial charge on any atom is 0.252 e. The number of rotatable bonds is 4. The molecule has 10 nitrogen and oxygen atoms in total. The molecule has 39 heavy (non-hydrogen) atoms. The van der Waals surface area contributed by atoms with E-state index in [0.29, 0.717) is 28.3 Å². The highest BCUT2D eigenvalue weighted by Crippen LogP contribution is 2.60. The molecule has 3 aliphatic rings. The predicted molar refractivity (Wildman–Crippen MR) is 146 cm³/mol. The Balaban J connectivity index is 1.20. The molecule has 1 aliphatic carbocycles. The highest BCUT2D eigenvalue weighted by molar-refractivity contribution is 6.32. The zero-order valence-corrected chi connectivity index (χ0v) is 21.8. The predicted octanol–water partition coefficient (Wildman–Crippen LogP) is 4.70. The van der Waals surface area contributed by atoms with Gasteiger partial charge in [-0.25, -0.2) is 4.98 Å². The lowest BCUT2D eigenvalue weighted by Crippen LogP contribution is -2.26. The lowest BCUT2D eigenvalue weighted by Gasteiger charge is -2.19. The minimum Gasteiger partial charge on any atom is -0.490 e. The van der Waals surface area contributed by atoms with Crippen LogP contribution in [0.5, 0.6) is 5.75 Å². The van der Waals surface area contributed by atoms with Crippen LogP contribution in [-0.4, -0.2) is 47.9 Å². The number of nitrogens with zero attached hydrogens (tertiary/aromatic N) is 6. The molecule has 3 aromatic heterocycles. The number of hydrogen-bond acceptors (Lipinski definition) is 7. The number of hydrogen-bond donors (Lipinski definition) is 2. The first kappa shape index (κ1) is 22.8. The van der Waals surface area contributed by atoms with Gasteiger partial charge in [0, 0.05) is 40.4 Å². The maximum atomic E-state index is 13.6. The van der Waals surface area contributed by atoms with Crippen molar-refractivity contribution in [3.8, 4) is 33.8 Å². The van der Waals surface area contributed by atoms with E-state index in [1.54, 1.807) is 16.8 Å². The van der Waals surface area contributed by atoms with Crippen LogP contribution in [0.1, 0.15) is 29.9 Å². The normalized spacial score (nSPS) is 20.5. The number of nitrogens with one attached hydrogen (secondary N) is 2. The second kappa shape index (κ2) is 8.42. The van der Waals surface area contributed by atoms with E-state index in [9.17, 15) is 4.79 Å². The lowest BCUT2D eigenvalue weighted by atomic mass is 10.0. The molecule has 12 heteroatoms. The smallest absolute Gasteiger partial charge is 0.252 e. The number of H-pyrrole nitrogens is 1. The Morgan fingerprint density at radius 2 is 1.97 bits per heavy atom. The van der Waals surface area contributed by atoms with Crippen LogP contribution in [0.2, 0.25) is 10.2 Å². The Morgan fingerprint density at radius 1 is 1.05 bits per heavy atom. The molecular weight excluding hydrogens is 539 g/mol. The van der Waals surface area contributed by atoms with E-state index in [2.05, 4.69) is 31.9 Å². The summed E-state index contributed by atoms with van der Waals surface area (Å²) in [7, 11) is 0. The summed E-state index contributed by atoms with van der Waals surface area (Å²) in [5.41, 5.74) is 5.62. The van der Waals surface area contributed by atoms with Gasteiger partial charge in [-0.05, 0) is 64.7 Å². The molecule has 2 aliphatic heterocycles. The van der Waals surface area contributed by atoms with Crippen molar-refractivity contribution in [1.29, 1.82) is 0 Å². The highest BCUT2D eigenvalue weighted by atomic mass is 35.5. The van der Waals surface area contributed by atoms with E-state index < -0.39 is 0 Å². The number of fused-ring (bicyclic) bond motifs is 4. The second-order valence-corrected chi connectivity index (χ2v) is 10.8. The van der Waals surface area contributed by atoms with Gasteiger partial charge in [0.1, 0.15) is 35.4 Å². The summed E-state index contributed by atoms with van der Waals surface area (Å²) in [6.07, 6.45) is 2.50. The number of tetrazole rings is 1. The van der Waals surface area contributed by atoms with Crippen molar-refractivity contribution in [2.75, 3.05) is 18.5 Å². The van der Waals surface area contributed by atoms with Crippen molar-refractivity contribution < 1.29 is 4.74 Å². The molecule has 3 atom stereocenters. The molecule has 1 saturated carbocycles. The van der Waals surface area contributed by atoms with Gasteiger partial charge in [-0.15, -0.1) is 5.10 Å². The average molecular weight is 559 g/mol. The third-order valence-electron chi connectivity index (χ3n) is 7.76. The SMILES string of the molecule is O=c1cc(-c2cc(Cl)ccc2-n2cnnn2)cc2n1C(c1nc(-c3ccc4c(c3)OCCN4)c(Cl)[nH]1)C1CC21. The van der Waals surface area contributed by atoms with Gasteiger partial charge in [0.05, 0.1) is 17.4 Å². The fourth-order valence-electron chi connectivity index (χ4n) is 5.95. The number of halogens is 2. The third-order valence-corrected chi connectivity index (χ3v) is 8.26. The maximum absolute atomic E-state index is 13.6. The van der Waals surface area contributed by atoms with E-state index in [-0.39, 0.29) is 23.4 Å². The number of anilines is 1. The van der Waals surface area contributed by atoms with Gasteiger partial charge in [0.25, 0.3) is 5.56 Å². The monoisotopic (exact) mass is 558 g/mol. The quantitative estimate of drug-likeness (QED) is 0.328. The van der Waals surface area contributed by atoms with E-state index in [0.717, 1.165) is 52.5 Å². The third kappa shape index (κ3) is 3.59. The second-order valence-electron chi connectivity index (χ2n) is 10.0. The van der Waals surface area contributed by atoms with Gasteiger partial charge < -0.3 is 19.6 Å². The first-order chi connectivity index (χ1) is 19.0. The summed E-state index contributed by atoms with van der Waals surface area (Å²) in [5.74, 6) is 2.01. The standard InChI is InChI=1S/C27H20Cl2N8O2/c28-15-2-4-20(36-12-31-34-35-36)16(10-15)14-7-21-17-11-18(17)25(37(21)23(38)9-14)27-32-24(26(29)33-27)13-1-3-19-22(8-13)39-6-5-30-19/h1-4,7-10,12,17-18,25,30H,5-6,11H2,(H,32,33). The molecule has 2 N–H and O–H groups in total. The van der Waals surface area contributed by atoms with Crippen LogP contribution in [0.15, 0.2) is 59.7 Å². The fourth-order valence-corrected chi connectivity index (χ4v) is 6.37. The summed E-state index contributed by atoms with van der Waals surface area (Å²) in [5, 5.41) is 15.8. The lowest BCUT2D eigenvalue weighted by molar-refractivity contribution is 0.323. The first-order valence-electron chi connectivity index (χ1n) is 12.6. The zero-order valence-electron chi connectivity index (χ0n) is 20.3. The van der Waals surface area contributed by atoms with Gasteiger partial charge in [-0.2, -0.15) is 4.68 Å². The van der Waals surface area contributed by atoms with Gasteiger partial charge >= 0.3 is 0 Å². The van der Waals surface area contributed by atoms with Crippen LogP contribution in [-0.2, 0) is 0 Å². The fraction of sp³-hybridized carbons (Fsp3) is 0.222. The van der Waals surface area contributed by atoms with Crippen molar-refractivity contribution in [2.45, 2.75) is 18.4 Å². The molecule has 8 rings (SSSR count). The summed E-state index contributed by atoms with van der Waals surface area (Å²) in [6.45, 7) is 1.38. The summed E-state index contributed by atoms with van der Waals surface area (Å²) in [4.78, 5) is 21.8. The Labute approximate surface area is 231 Å². The summed E-state index contributed by atoms with van der Waals surface area (Å²) in [6, 6.07) is 14.8. The number of ether oxygens (including phenoxy) is 1. The summed E-state index contributed by atoms with van der Waals surface area (Å²) >= 11 is 13.0. The number of aromatic nitrogens is 7. The van der Waals surface area contributed by atoms with E-state index in [1.807, 2.05) is 34.9 Å². The van der Waals surface area contributed by atoms with Crippen LogP contribution in [0.4, 0.5) is 5.69 Å². The molecule has 0 radical (unpaired) electrons. The van der Waals surface area contributed by atoms with Gasteiger partial charge in [-0.1, -0.05) is 29.3 Å². The summed E-state index contributed by atoms with van der Waals surface area (Å²) < 4.78 is 9.21.